The largest absolute Gasteiger partial charge is 0.493 e. The number of methoxy groups -OCH3 is 1. The summed E-state index contributed by atoms with van der Waals surface area (Å²) >= 11 is 5.94. The Balaban J connectivity index is 1.34. The molecule has 35 heavy (non-hydrogen) atoms. The monoisotopic (exact) mass is 500 g/mol. The van der Waals surface area contributed by atoms with Gasteiger partial charge in [-0.3, -0.25) is 4.90 Å². The van der Waals surface area contributed by atoms with Crippen LogP contribution in [0.25, 0.3) is 10.9 Å². The Labute approximate surface area is 209 Å². The van der Waals surface area contributed by atoms with Crippen LogP contribution >= 0.6 is 11.6 Å². The SMILES string of the molecule is COc1cc2ncnc(Nc3cccc(Cl)c3F)c2cc1OC1CCC(N2CCC[C@@H](O)C2)CC1. The van der Waals surface area contributed by atoms with E-state index in [1.807, 2.05) is 12.1 Å². The van der Waals surface area contributed by atoms with Crippen LogP contribution in [0.2, 0.25) is 5.02 Å². The minimum atomic E-state index is -0.538. The number of rotatable bonds is 6. The van der Waals surface area contributed by atoms with E-state index in [4.69, 9.17) is 21.1 Å². The standard InChI is InChI=1S/C26H30ClFN4O3/c1-34-23-13-22-19(26(30-15-29-22)31-21-6-2-5-20(27)25(21)28)12-24(23)35-18-9-7-16(8-10-18)32-11-3-4-17(33)14-32/h2,5-6,12-13,15-18,33H,3-4,7-11,14H2,1H3,(H,29,30,31)/t16?,17-,18?/m1/s1. The Morgan fingerprint density at radius 1 is 1.11 bits per heavy atom. The third kappa shape index (κ3) is 5.29. The number of halogens is 2. The first kappa shape index (κ1) is 24.0. The van der Waals surface area contributed by atoms with E-state index in [-0.39, 0.29) is 22.9 Å². The molecule has 0 radical (unpaired) electrons. The van der Waals surface area contributed by atoms with Crippen LogP contribution < -0.4 is 14.8 Å². The molecular formula is C26H30ClFN4O3. The molecule has 2 aliphatic rings. The number of β-amino-alcohol motifs (C(OH)–C–C–N with tert-alkyl or cyclic N) is 1. The lowest BCUT2D eigenvalue weighted by molar-refractivity contribution is 0.0217. The van der Waals surface area contributed by atoms with Gasteiger partial charge in [-0.25, -0.2) is 14.4 Å². The van der Waals surface area contributed by atoms with Crippen LogP contribution in [0.4, 0.5) is 15.9 Å². The smallest absolute Gasteiger partial charge is 0.165 e. The molecule has 1 aromatic heterocycles. The summed E-state index contributed by atoms with van der Waals surface area (Å²) in [7, 11) is 1.61. The number of hydrogen-bond donors (Lipinski definition) is 2. The van der Waals surface area contributed by atoms with Crippen molar-refractivity contribution >= 4 is 34.0 Å². The minimum Gasteiger partial charge on any atom is -0.493 e. The number of likely N-dealkylation sites (tertiary alicyclic amines) is 1. The normalized spacial score (nSPS) is 23.3. The van der Waals surface area contributed by atoms with Gasteiger partial charge < -0.3 is 19.9 Å². The number of fused-ring (bicyclic) bond motifs is 1. The van der Waals surface area contributed by atoms with Crippen LogP contribution in [0.3, 0.4) is 0 Å². The van der Waals surface area contributed by atoms with Crippen molar-refractivity contribution in [2.45, 2.75) is 56.8 Å². The molecule has 0 bridgehead atoms. The first-order chi connectivity index (χ1) is 17.0. The van der Waals surface area contributed by atoms with Gasteiger partial charge in [0, 0.05) is 24.0 Å². The highest BCUT2D eigenvalue weighted by molar-refractivity contribution is 6.31. The maximum Gasteiger partial charge on any atom is 0.165 e. The molecule has 2 aromatic carbocycles. The molecule has 7 nitrogen and oxygen atoms in total. The van der Waals surface area contributed by atoms with E-state index < -0.39 is 5.82 Å². The molecule has 1 saturated carbocycles. The average molecular weight is 501 g/mol. The van der Waals surface area contributed by atoms with Gasteiger partial charge in [-0.2, -0.15) is 0 Å². The van der Waals surface area contributed by atoms with Crippen molar-refractivity contribution < 1.29 is 19.0 Å². The first-order valence-corrected chi connectivity index (χ1v) is 12.5. The molecular weight excluding hydrogens is 471 g/mol. The zero-order valence-corrected chi connectivity index (χ0v) is 20.5. The van der Waals surface area contributed by atoms with Gasteiger partial charge in [0.25, 0.3) is 0 Å². The summed E-state index contributed by atoms with van der Waals surface area (Å²) in [5.41, 5.74) is 0.887. The summed E-state index contributed by atoms with van der Waals surface area (Å²) in [5, 5.41) is 13.8. The number of nitrogens with zero attached hydrogens (tertiary/aromatic N) is 3. The summed E-state index contributed by atoms with van der Waals surface area (Å²) < 4.78 is 26.5. The summed E-state index contributed by atoms with van der Waals surface area (Å²) in [6.45, 7) is 1.84. The summed E-state index contributed by atoms with van der Waals surface area (Å²) in [5.74, 6) is 1.12. The van der Waals surface area contributed by atoms with E-state index in [9.17, 15) is 9.50 Å². The molecule has 1 aliphatic heterocycles. The molecule has 5 rings (SSSR count). The van der Waals surface area contributed by atoms with E-state index >= 15 is 0 Å². The molecule has 3 aromatic rings. The number of anilines is 2. The van der Waals surface area contributed by atoms with Gasteiger partial charge in [-0.15, -0.1) is 0 Å². The van der Waals surface area contributed by atoms with Crippen LogP contribution in [0.5, 0.6) is 11.5 Å². The lowest BCUT2D eigenvalue weighted by atomic mass is 9.90. The maximum absolute atomic E-state index is 14.5. The predicted octanol–water partition coefficient (Wildman–Crippen LogP) is 5.32. The summed E-state index contributed by atoms with van der Waals surface area (Å²) in [6, 6.07) is 8.95. The minimum absolute atomic E-state index is 0.0359. The number of nitrogens with one attached hydrogen (secondary N) is 1. The van der Waals surface area contributed by atoms with E-state index in [0.29, 0.717) is 34.3 Å². The lowest BCUT2D eigenvalue weighted by Gasteiger charge is -2.40. The topological polar surface area (TPSA) is 79.7 Å². The molecule has 186 valence electrons. The van der Waals surface area contributed by atoms with E-state index in [1.165, 1.54) is 12.4 Å². The molecule has 2 fully saturated rings. The van der Waals surface area contributed by atoms with Crippen LogP contribution in [0, 0.1) is 5.82 Å². The molecule has 1 atom stereocenters. The molecule has 9 heteroatoms. The molecule has 0 spiro atoms. The van der Waals surface area contributed by atoms with Gasteiger partial charge in [0.2, 0.25) is 0 Å². The van der Waals surface area contributed by atoms with Crippen molar-refractivity contribution in [2.75, 3.05) is 25.5 Å². The molecule has 0 amide bonds. The summed E-state index contributed by atoms with van der Waals surface area (Å²) in [4.78, 5) is 11.1. The predicted molar refractivity (Wildman–Crippen MR) is 134 cm³/mol. The molecule has 2 N–H and O–H groups in total. The zero-order chi connectivity index (χ0) is 24.4. The van der Waals surface area contributed by atoms with Gasteiger partial charge in [0.05, 0.1) is 35.5 Å². The number of piperidine rings is 1. The first-order valence-electron chi connectivity index (χ1n) is 12.1. The second-order valence-electron chi connectivity index (χ2n) is 9.31. The molecule has 2 heterocycles. The fourth-order valence-electron chi connectivity index (χ4n) is 5.17. The Hall–Kier alpha value is -2.68. The van der Waals surface area contributed by atoms with Crippen LogP contribution in [0.15, 0.2) is 36.7 Å². The van der Waals surface area contributed by atoms with Gasteiger partial charge in [0.1, 0.15) is 12.1 Å². The van der Waals surface area contributed by atoms with Crippen LogP contribution in [-0.4, -0.2) is 58.4 Å². The number of aliphatic hydroxyl groups excluding tert-OH is 1. The number of aliphatic hydroxyl groups is 1. The Bertz CT molecular complexity index is 1190. The molecule has 1 saturated heterocycles. The molecule has 0 unspecified atom stereocenters. The van der Waals surface area contributed by atoms with Gasteiger partial charge in [-0.1, -0.05) is 17.7 Å². The maximum atomic E-state index is 14.5. The van der Waals surface area contributed by atoms with Crippen molar-refractivity contribution in [3.63, 3.8) is 0 Å². The van der Waals surface area contributed by atoms with Crippen molar-refractivity contribution in [1.82, 2.24) is 14.9 Å². The fourth-order valence-corrected chi connectivity index (χ4v) is 5.34. The highest BCUT2D eigenvalue weighted by atomic mass is 35.5. The van der Waals surface area contributed by atoms with E-state index in [0.717, 1.165) is 51.6 Å². The zero-order valence-electron chi connectivity index (χ0n) is 19.7. The fraction of sp³-hybridized carbons (Fsp3) is 0.462. The van der Waals surface area contributed by atoms with Crippen molar-refractivity contribution in [3.8, 4) is 11.5 Å². The van der Waals surface area contributed by atoms with Gasteiger partial charge in [0.15, 0.2) is 17.3 Å². The van der Waals surface area contributed by atoms with Crippen molar-refractivity contribution in [2.24, 2.45) is 0 Å². The quantitative estimate of drug-likeness (QED) is 0.474. The number of aromatic nitrogens is 2. The van der Waals surface area contributed by atoms with E-state index in [2.05, 4.69) is 20.2 Å². The van der Waals surface area contributed by atoms with E-state index in [1.54, 1.807) is 19.2 Å². The van der Waals surface area contributed by atoms with Crippen LogP contribution in [-0.2, 0) is 0 Å². The van der Waals surface area contributed by atoms with Crippen LogP contribution in [0.1, 0.15) is 38.5 Å². The summed E-state index contributed by atoms with van der Waals surface area (Å²) in [6.07, 6.45) is 7.19. The van der Waals surface area contributed by atoms with Gasteiger partial charge in [-0.05, 0) is 63.3 Å². The van der Waals surface area contributed by atoms with Crippen molar-refractivity contribution in [3.05, 3.63) is 47.5 Å². The Morgan fingerprint density at radius 3 is 2.71 bits per heavy atom. The number of hydrogen-bond acceptors (Lipinski definition) is 7. The molecule has 1 aliphatic carbocycles. The van der Waals surface area contributed by atoms with Gasteiger partial charge >= 0.3 is 0 Å². The highest BCUT2D eigenvalue weighted by Gasteiger charge is 2.30. The lowest BCUT2D eigenvalue weighted by Crippen LogP contribution is -2.46. The number of benzene rings is 2. The Morgan fingerprint density at radius 2 is 1.94 bits per heavy atom. The van der Waals surface area contributed by atoms with Crippen molar-refractivity contribution in [1.29, 1.82) is 0 Å². The second kappa shape index (κ2) is 10.5. The third-order valence-corrected chi connectivity index (χ3v) is 7.30. The Kier molecular flexibility index (Phi) is 7.22. The average Bonchev–Trinajstić information content (AvgIpc) is 2.87. The second-order valence-corrected chi connectivity index (χ2v) is 9.72. The highest BCUT2D eigenvalue weighted by Crippen LogP contribution is 2.38. The number of ether oxygens (including phenoxy) is 2. The third-order valence-electron chi connectivity index (χ3n) is 7.01.